The largest absolute Gasteiger partial charge is 0.478 e. The Kier molecular flexibility index (Phi) is 3.32. The van der Waals surface area contributed by atoms with Gasteiger partial charge in [-0.15, -0.1) is 0 Å². The quantitative estimate of drug-likeness (QED) is 0.915. The van der Waals surface area contributed by atoms with Crippen LogP contribution in [-0.2, 0) is 7.05 Å². The molecule has 1 aliphatic rings. The Morgan fingerprint density at radius 1 is 1.43 bits per heavy atom. The van der Waals surface area contributed by atoms with Crippen LogP contribution in [0.25, 0.3) is 11.0 Å². The molecule has 0 bridgehead atoms. The number of nitrogens with zero attached hydrogens (tertiary/aromatic N) is 4. The van der Waals surface area contributed by atoms with Crippen LogP contribution in [0, 0.1) is 0 Å². The summed E-state index contributed by atoms with van der Waals surface area (Å²) in [7, 11) is 1.82. The average molecular weight is 306 g/mol. The first-order chi connectivity index (χ1) is 9.89. The van der Waals surface area contributed by atoms with Gasteiger partial charge in [-0.3, -0.25) is 4.68 Å². The third kappa shape index (κ3) is 2.46. The first-order valence-electron chi connectivity index (χ1n) is 6.82. The van der Waals surface area contributed by atoms with Crippen molar-refractivity contribution in [1.82, 2.24) is 14.8 Å². The molecule has 3 rings (SSSR count). The van der Waals surface area contributed by atoms with Gasteiger partial charge in [-0.1, -0.05) is 0 Å². The summed E-state index contributed by atoms with van der Waals surface area (Å²) in [6, 6.07) is 0. The van der Waals surface area contributed by atoms with Crippen LogP contribution in [0.2, 0.25) is 0 Å². The fraction of sp³-hybridized carbons (Fsp3) is 0.500. The maximum absolute atomic E-state index is 11.6. The van der Waals surface area contributed by atoms with Crippen molar-refractivity contribution in [2.24, 2.45) is 7.05 Å². The van der Waals surface area contributed by atoms with Crippen LogP contribution < -0.4 is 4.90 Å². The van der Waals surface area contributed by atoms with E-state index in [4.69, 9.17) is 0 Å². The minimum Gasteiger partial charge on any atom is -0.478 e. The van der Waals surface area contributed by atoms with Gasteiger partial charge in [0.25, 0.3) is 0 Å². The molecule has 1 N–H and O–H groups in total. The molecule has 0 atom stereocenters. The fourth-order valence-corrected chi connectivity index (χ4v) is 3.90. The lowest BCUT2D eigenvalue weighted by molar-refractivity contribution is 0.0697. The standard InChI is InChI=1S/C14H18N4O2S/c1-14(2)8-18(4-5-21-14)11-9-7-16-17(3)12(9)15-6-10(11)13(19)20/h6-7H,4-5,8H2,1-3H3,(H,19,20). The number of thioether (sulfide) groups is 1. The van der Waals surface area contributed by atoms with Crippen molar-refractivity contribution in [3.63, 3.8) is 0 Å². The van der Waals surface area contributed by atoms with E-state index in [9.17, 15) is 9.90 Å². The van der Waals surface area contributed by atoms with Crippen molar-refractivity contribution >= 4 is 34.5 Å². The average Bonchev–Trinajstić information content (AvgIpc) is 2.78. The second-order valence-corrected chi connectivity index (χ2v) is 7.66. The van der Waals surface area contributed by atoms with Gasteiger partial charge in [-0.2, -0.15) is 16.9 Å². The number of pyridine rings is 1. The van der Waals surface area contributed by atoms with E-state index in [0.717, 1.165) is 29.9 Å². The second-order valence-electron chi connectivity index (χ2n) is 5.86. The molecule has 2 aromatic rings. The topological polar surface area (TPSA) is 71.2 Å². The van der Waals surface area contributed by atoms with E-state index in [0.29, 0.717) is 5.65 Å². The number of fused-ring (bicyclic) bond motifs is 1. The lowest BCUT2D eigenvalue weighted by Crippen LogP contribution is -2.43. The van der Waals surface area contributed by atoms with Crippen LogP contribution in [0.5, 0.6) is 0 Å². The molecule has 6 nitrogen and oxygen atoms in total. The first kappa shape index (κ1) is 14.2. The number of hydrogen-bond acceptors (Lipinski definition) is 5. The molecule has 0 radical (unpaired) electrons. The zero-order valence-corrected chi connectivity index (χ0v) is 13.1. The van der Waals surface area contributed by atoms with E-state index in [1.54, 1.807) is 10.9 Å². The van der Waals surface area contributed by atoms with Crippen LogP contribution in [0.1, 0.15) is 24.2 Å². The minimum atomic E-state index is -0.945. The van der Waals surface area contributed by atoms with Crippen LogP contribution in [0.3, 0.4) is 0 Å². The summed E-state index contributed by atoms with van der Waals surface area (Å²) in [6.07, 6.45) is 3.15. The number of carboxylic acid groups (broad SMARTS) is 1. The van der Waals surface area contributed by atoms with Gasteiger partial charge >= 0.3 is 5.97 Å². The Bertz CT molecular complexity index is 710. The Morgan fingerprint density at radius 3 is 2.86 bits per heavy atom. The number of hydrogen-bond donors (Lipinski definition) is 1. The minimum absolute atomic E-state index is 0.103. The fourth-order valence-electron chi connectivity index (χ4n) is 2.79. The Labute approximate surface area is 127 Å². The smallest absolute Gasteiger partial charge is 0.339 e. The number of rotatable bonds is 2. The highest BCUT2D eigenvalue weighted by molar-refractivity contribution is 8.00. The van der Waals surface area contributed by atoms with Crippen LogP contribution in [0.15, 0.2) is 12.4 Å². The molecule has 1 saturated heterocycles. The number of anilines is 1. The van der Waals surface area contributed by atoms with Crippen molar-refractivity contribution in [2.75, 3.05) is 23.7 Å². The molecule has 0 saturated carbocycles. The van der Waals surface area contributed by atoms with E-state index in [1.165, 1.54) is 6.20 Å². The van der Waals surface area contributed by atoms with Crippen molar-refractivity contribution in [2.45, 2.75) is 18.6 Å². The summed E-state index contributed by atoms with van der Waals surface area (Å²) in [6.45, 7) is 6.02. The maximum atomic E-state index is 11.6. The third-order valence-electron chi connectivity index (χ3n) is 3.71. The number of aromatic carboxylic acids is 1. The van der Waals surface area contributed by atoms with Crippen molar-refractivity contribution in [3.05, 3.63) is 18.0 Å². The summed E-state index contributed by atoms with van der Waals surface area (Å²) in [4.78, 5) is 18.0. The summed E-state index contributed by atoms with van der Waals surface area (Å²) in [5.74, 6) is 0.0372. The van der Waals surface area contributed by atoms with Gasteiger partial charge in [-0.05, 0) is 13.8 Å². The number of aryl methyl sites for hydroxylation is 1. The van der Waals surface area contributed by atoms with Gasteiger partial charge < -0.3 is 10.0 Å². The van der Waals surface area contributed by atoms with E-state index < -0.39 is 5.97 Å². The van der Waals surface area contributed by atoms with Crippen LogP contribution >= 0.6 is 11.8 Å². The van der Waals surface area contributed by atoms with Gasteiger partial charge in [0.2, 0.25) is 0 Å². The second kappa shape index (κ2) is 4.91. The number of carbonyl (C=O) groups is 1. The summed E-state index contributed by atoms with van der Waals surface area (Å²) in [5.41, 5.74) is 1.71. The van der Waals surface area contributed by atoms with E-state index in [2.05, 4.69) is 28.8 Å². The molecule has 0 unspecified atom stereocenters. The highest BCUT2D eigenvalue weighted by atomic mass is 32.2. The Balaban J connectivity index is 2.18. The summed E-state index contributed by atoms with van der Waals surface area (Å²) < 4.78 is 1.78. The summed E-state index contributed by atoms with van der Waals surface area (Å²) in [5, 5.41) is 14.5. The lowest BCUT2D eigenvalue weighted by Gasteiger charge is -2.39. The molecule has 1 aliphatic heterocycles. The van der Waals surface area contributed by atoms with Crippen molar-refractivity contribution < 1.29 is 9.90 Å². The molecule has 112 valence electrons. The van der Waals surface area contributed by atoms with E-state index in [-0.39, 0.29) is 10.3 Å². The maximum Gasteiger partial charge on any atom is 0.339 e. The number of aromatic nitrogens is 3. The molecule has 2 aromatic heterocycles. The predicted octanol–water partition coefficient (Wildman–Crippen LogP) is 2.00. The van der Waals surface area contributed by atoms with Crippen molar-refractivity contribution in [1.29, 1.82) is 0 Å². The molecule has 7 heteroatoms. The molecular weight excluding hydrogens is 288 g/mol. The zero-order valence-electron chi connectivity index (χ0n) is 12.3. The van der Waals surface area contributed by atoms with Gasteiger partial charge in [0.05, 0.1) is 17.3 Å². The molecule has 1 fully saturated rings. The molecule has 21 heavy (non-hydrogen) atoms. The molecule has 0 aliphatic carbocycles. The van der Waals surface area contributed by atoms with Gasteiger partial charge in [-0.25, -0.2) is 9.78 Å². The lowest BCUT2D eigenvalue weighted by atomic mass is 10.1. The van der Waals surface area contributed by atoms with Crippen LogP contribution in [-0.4, -0.2) is 49.4 Å². The van der Waals surface area contributed by atoms with E-state index >= 15 is 0 Å². The van der Waals surface area contributed by atoms with Gasteiger partial charge in [0.15, 0.2) is 5.65 Å². The molecule has 3 heterocycles. The van der Waals surface area contributed by atoms with Crippen molar-refractivity contribution in [3.8, 4) is 0 Å². The zero-order chi connectivity index (χ0) is 15.2. The predicted molar refractivity (Wildman–Crippen MR) is 84.2 cm³/mol. The van der Waals surface area contributed by atoms with Gasteiger partial charge in [0.1, 0.15) is 5.56 Å². The molecule has 0 aromatic carbocycles. The van der Waals surface area contributed by atoms with Crippen LogP contribution in [0.4, 0.5) is 5.69 Å². The van der Waals surface area contributed by atoms with Gasteiger partial charge in [0, 0.05) is 36.8 Å². The molecule has 0 spiro atoms. The monoisotopic (exact) mass is 306 g/mol. The Hall–Kier alpha value is -1.76. The highest BCUT2D eigenvalue weighted by Gasteiger charge is 2.31. The highest BCUT2D eigenvalue weighted by Crippen LogP contribution is 2.36. The number of carboxylic acids is 1. The molecular formula is C14H18N4O2S. The third-order valence-corrected chi connectivity index (χ3v) is 5.00. The van der Waals surface area contributed by atoms with E-state index in [1.807, 2.05) is 18.8 Å². The molecule has 0 amide bonds. The SMILES string of the molecule is Cn1ncc2c(N3CCSC(C)(C)C3)c(C(=O)O)cnc21. The normalized spacial score (nSPS) is 18.1. The first-order valence-corrected chi connectivity index (χ1v) is 7.80. The Morgan fingerprint density at radius 2 is 2.19 bits per heavy atom. The summed E-state index contributed by atoms with van der Waals surface area (Å²) >= 11 is 1.92.